The molecule has 0 aromatic heterocycles. The number of nitrogens with one attached hydrogen (secondary N) is 1. The van der Waals surface area contributed by atoms with Gasteiger partial charge < -0.3 is 15.0 Å². The van der Waals surface area contributed by atoms with E-state index in [1.54, 1.807) is 0 Å². The molecule has 27 heavy (non-hydrogen) atoms. The van der Waals surface area contributed by atoms with Crippen molar-refractivity contribution in [3.63, 3.8) is 0 Å². The summed E-state index contributed by atoms with van der Waals surface area (Å²) in [4.78, 5) is 17.2. The lowest BCUT2D eigenvalue weighted by atomic mass is 10.2. The quantitative estimate of drug-likeness (QED) is 0.815. The predicted octanol–water partition coefficient (Wildman–Crippen LogP) is 3.37. The maximum absolute atomic E-state index is 12.8. The standard InChI is InChI=1S/C22H29N3O2/c1-18(2)25(16-19-8-4-3-5-9-19)17-22(26)23-20-10-6-7-11-21(20)24-12-14-27-15-13-24/h3-11,18H,12-17H2,1-2H3,(H,23,26). The van der Waals surface area contributed by atoms with Gasteiger partial charge in [0.05, 0.1) is 31.1 Å². The van der Waals surface area contributed by atoms with Gasteiger partial charge in [0.1, 0.15) is 0 Å². The topological polar surface area (TPSA) is 44.8 Å². The molecular formula is C22H29N3O2. The van der Waals surface area contributed by atoms with E-state index in [0.29, 0.717) is 6.54 Å². The van der Waals surface area contributed by atoms with Crippen LogP contribution in [0.15, 0.2) is 54.6 Å². The van der Waals surface area contributed by atoms with Crippen LogP contribution >= 0.6 is 0 Å². The SMILES string of the molecule is CC(C)N(CC(=O)Nc1ccccc1N1CCOCC1)Cc1ccccc1. The van der Waals surface area contributed by atoms with Crippen molar-refractivity contribution in [2.24, 2.45) is 0 Å². The highest BCUT2D eigenvalue weighted by molar-refractivity contribution is 5.95. The third-order valence-electron chi connectivity index (χ3n) is 4.84. The van der Waals surface area contributed by atoms with Gasteiger partial charge in [-0.1, -0.05) is 42.5 Å². The van der Waals surface area contributed by atoms with E-state index in [-0.39, 0.29) is 11.9 Å². The van der Waals surface area contributed by atoms with Gasteiger partial charge in [-0.05, 0) is 31.5 Å². The third-order valence-corrected chi connectivity index (χ3v) is 4.84. The minimum atomic E-state index is 0.0142. The first kappa shape index (κ1) is 19.4. The van der Waals surface area contributed by atoms with Gasteiger partial charge in [0, 0.05) is 25.7 Å². The largest absolute Gasteiger partial charge is 0.378 e. The summed E-state index contributed by atoms with van der Waals surface area (Å²) in [7, 11) is 0. The molecule has 1 amide bonds. The fourth-order valence-electron chi connectivity index (χ4n) is 3.27. The van der Waals surface area contributed by atoms with Crippen LogP contribution in [-0.4, -0.2) is 49.7 Å². The van der Waals surface area contributed by atoms with E-state index in [4.69, 9.17) is 4.74 Å². The molecule has 1 aliphatic rings. The summed E-state index contributed by atoms with van der Waals surface area (Å²) in [6.07, 6.45) is 0. The zero-order valence-corrected chi connectivity index (χ0v) is 16.2. The second-order valence-corrected chi connectivity index (χ2v) is 7.15. The van der Waals surface area contributed by atoms with Crippen molar-refractivity contribution >= 4 is 17.3 Å². The summed E-state index contributed by atoms with van der Waals surface area (Å²) < 4.78 is 5.44. The number of benzene rings is 2. The number of carbonyl (C=O) groups is 1. The first-order chi connectivity index (χ1) is 13.1. The van der Waals surface area contributed by atoms with Crippen molar-refractivity contribution in [1.29, 1.82) is 0 Å². The van der Waals surface area contributed by atoms with Crippen LogP contribution in [0.1, 0.15) is 19.4 Å². The van der Waals surface area contributed by atoms with Gasteiger partial charge in [0.2, 0.25) is 5.91 Å². The number of hydrogen-bond acceptors (Lipinski definition) is 4. The molecule has 1 saturated heterocycles. The minimum Gasteiger partial charge on any atom is -0.378 e. The van der Waals surface area contributed by atoms with E-state index in [0.717, 1.165) is 44.2 Å². The lowest BCUT2D eigenvalue weighted by Crippen LogP contribution is -2.39. The number of nitrogens with zero attached hydrogens (tertiary/aromatic N) is 2. The number of para-hydroxylation sites is 2. The van der Waals surface area contributed by atoms with E-state index < -0.39 is 0 Å². The van der Waals surface area contributed by atoms with Crippen LogP contribution in [0.3, 0.4) is 0 Å². The number of ether oxygens (including phenoxy) is 1. The lowest BCUT2D eigenvalue weighted by molar-refractivity contribution is -0.117. The molecule has 0 unspecified atom stereocenters. The van der Waals surface area contributed by atoms with Gasteiger partial charge in [0.15, 0.2) is 0 Å². The number of anilines is 2. The Kier molecular flexibility index (Phi) is 6.85. The predicted molar refractivity (Wildman–Crippen MR) is 110 cm³/mol. The third kappa shape index (κ3) is 5.55. The Morgan fingerprint density at radius 3 is 2.44 bits per heavy atom. The molecule has 1 N–H and O–H groups in total. The first-order valence-electron chi connectivity index (χ1n) is 9.63. The molecule has 2 aromatic rings. The van der Waals surface area contributed by atoms with Crippen molar-refractivity contribution in [3.05, 3.63) is 60.2 Å². The highest BCUT2D eigenvalue weighted by atomic mass is 16.5. The van der Waals surface area contributed by atoms with Crippen LogP contribution in [-0.2, 0) is 16.1 Å². The first-order valence-corrected chi connectivity index (χ1v) is 9.63. The summed E-state index contributed by atoms with van der Waals surface area (Å²) in [5.41, 5.74) is 3.15. The van der Waals surface area contributed by atoms with Crippen molar-refractivity contribution in [2.45, 2.75) is 26.4 Å². The van der Waals surface area contributed by atoms with Crippen molar-refractivity contribution in [3.8, 4) is 0 Å². The second kappa shape index (κ2) is 9.53. The van der Waals surface area contributed by atoms with Crippen molar-refractivity contribution in [2.75, 3.05) is 43.1 Å². The molecule has 0 saturated carbocycles. The Hall–Kier alpha value is -2.37. The number of morpholine rings is 1. The van der Waals surface area contributed by atoms with E-state index in [1.165, 1.54) is 5.56 Å². The minimum absolute atomic E-state index is 0.0142. The van der Waals surface area contributed by atoms with Crippen molar-refractivity contribution < 1.29 is 9.53 Å². The fraction of sp³-hybridized carbons (Fsp3) is 0.409. The van der Waals surface area contributed by atoms with E-state index >= 15 is 0 Å². The van der Waals surface area contributed by atoms with Crippen LogP contribution in [0.2, 0.25) is 0 Å². The molecule has 2 aromatic carbocycles. The van der Waals surface area contributed by atoms with Crippen LogP contribution in [0.25, 0.3) is 0 Å². The summed E-state index contributed by atoms with van der Waals surface area (Å²) in [6.45, 7) is 8.51. The van der Waals surface area contributed by atoms with Gasteiger partial charge in [-0.25, -0.2) is 0 Å². The molecule has 0 bridgehead atoms. The molecular weight excluding hydrogens is 338 g/mol. The Balaban J connectivity index is 1.65. The molecule has 0 aliphatic carbocycles. The van der Waals surface area contributed by atoms with E-state index in [2.05, 4.69) is 47.2 Å². The molecule has 5 heteroatoms. The molecule has 3 rings (SSSR count). The molecule has 0 atom stereocenters. The van der Waals surface area contributed by atoms with Gasteiger partial charge >= 0.3 is 0 Å². The van der Waals surface area contributed by atoms with E-state index in [9.17, 15) is 4.79 Å². The monoisotopic (exact) mass is 367 g/mol. The number of amides is 1. The molecule has 1 heterocycles. The molecule has 0 spiro atoms. The zero-order chi connectivity index (χ0) is 19.1. The second-order valence-electron chi connectivity index (χ2n) is 7.15. The molecule has 5 nitrogen and oxygen atoms in total. The summed E-state index contributed by atoms with van der Waals surface area (Å²) in [6, 6.07) is 18.6. The maximum atomic E-state index is 12.8. The van der Waals surface area contributed by atoms with Gasteiger partial charge in [-0.15, -0.1) is 0 Å². The number of carbonyl (C=O) groups excluding carboxylic acids is 1. The number of rotatable bonds is 7. The van der Waals surface area contributed by atoms with E-state index in [1.807, 2.05) is 36.4 Å². The molecule has 1 aliphatic heterocycles. The summed E-state index contributed by atoms with van der Waals surface area (Å²) in [5, 5.41) is 3.12. The highest BCUT2D eigenvalue weighted by Gasteiger charge is 2.18. The van der Waals surface area contributed by atoms with Crippen molar-refractivity contribution in [1.82, 2.24) is 4.90 Å². The Labute approximate surface area is 161 Å². The molecule has 144 valence electrons. The zero-order valence-electron chi connectivity index (χ0n) is 16.2. The van der Waals surface area contributed by atoms with Crippen LogP contribution < -0.4 is 10.2 Å². The van der Waals surface area contributed by atoms with Crippen LogP contribution in [0.4, 0.5) is 11.4 Å². The van der Waals surface area contributed by atoms with Crippen LogP contribution in [0, 0.1) is 0 Å². The Bertz CT molecular complexity index is 727. The lowest BCUT2D eigenvalue weighted by Gasteiger charge is -2.31. The average Bonchev–Trinajstić information content (AvgIpc) is 2.69. The Morgan fingerprint density at radius 1 is 1.07 bits per heavy atom. The van der Waals surface area contributed by atoms with Gasteiger partial charge in [-0.3, -0.25) is 9.69 Å². The van der Waals surface area contributed by atoms with Gasteiger partial charge in [0.25, 0.3) is 0 Å². The summed E-state index contributed by atoms with van der Waals surface area (Å²) >= 11 is 0. The number of hydrogen-bond donors (Lipinski definition) is 1. The fourth-order valence-corrected chi connectivity index (χ4v) is 3.27. The highest BCUT2D eigenvalue weighted by Crippen LogP contribution is 2.26. The molecule has 1 fully saturated rings. The Morgan fingerprint density at radius 2 is 1.74 bits per heavy atom. The average molecular weight is 367 g/mol. The van der Waals surface area contributed by atoms with Gasteiger partial charge in [-0.2, -0.15) is 0 Å². The normalized spacial score (nSPS) is 14.6. The maximum Gasteiger partial charge on any atom is 0.238 e. The van der Waals surface area contributed by atoms with Crippen LogP contribution in [0.5, 0.6) is 0 Å². The molecule has 0 radical (unpaired) electrons. The summed E-state index contributed by atoms with van der Waals surface area (Å²) in [5.74, 6) is 0.0142. The smallest absolute Gasteiger partial charge is 0.238 e.